The van der Waals surface area contributed by atoms with E-state index in [-0.39, 0.29) is 29.6 Å². The molecule has 1 aliphatic heterocycles. The fourth-order valence-electron chi connectivity index (χ4n) is 3.95. The number of carbonyl (C=O) groups is 1. The number of fused-ring (bicyclic) bond motifs is 1. The van der Waals surface area contributed by atoms with E-state index in [0.717, 1.165) is 36.1 Å². The molecule has 3 atom stereocenters. The van der Waals surface area contributed by atoms with E-state index in [0.29, 0.717) is 6.54 Å². The van der Waals surface area contributed by atoms with Gasteiger partial charge in [-0.1, -0.05) is 6.07 Å². The van der Waals surface area contributed by atoms with Crippen LogP contribution in [0.4, 0.5) is 4.39 Å². The molecule has 6 heteroatoms. The van der Waals surface area contributed by atoms with Crippen LogP contribution in [0.15, 0.2) is 30.6 Å². The first-order valence-corrected chi connectivity index (χ1v) is 8.40. The maximum absolute atomic E-state index is 13.3. The van der Waals surface area contributed by atoms with E-state index < -0.39 is 0 Å². The van der Waals surface area contributed by atoms with Crippen molar-refractivity contribution in [2.75, 3.05) is 13.1 Å². The first-order valence-electron chi connectivity index (χ1n) is 8.40. The monoisotopic (exact) mass is 328 g/mol. The number of hydrogen-bond donors (Lipinski definition) is 2. The molecule has 0 bridgehead atoms. The van der Waals surface area contributed by atoms with Gasteiger partial charge in [-0.05, 0) is 41.7 Å². The molecule has 2 N–H and O–H groups in total. The molecule has 0 spiro atoms. The molecule has 1 aromatic heterocycles. The molecule has 4 rings (SSSR count). The minimum absolute atomic E-state index is 0.0109. The summed E-state index contributed by atoms with van der Waals surface area (Å²) in [6.45, 7) is 1.46. The maximum atomic E-state index is 13.3. The Labute approximate surface area is 140 Å². The number of carbonyl (C=O) groups excluding carboxylic acids is 1. The Bertz CT molecular complexity index is 772. The zero-order valence-electron chi connectivity index (χ0n) is 13.6. The van der Waals surface area contributed by atoms with Crippen molar-refractivity contribution in [2.45, 2.75) is 24.8 Å². The normalized spacial score (nSPS) is 25.7. The summed E-state index contributed by atoms with van der Waals surface area (Å²) < 4.78 is 15.1. The molecule has 2 aromatic rings. The van der Waals surface area contributed by atoms with Crippen molar-refractivity contribution in [3.63, 3.8) is 0 Å². The Morgan fingerprint density at radius 3 is 3.08 bits per heavy atom. The van der Waals surface area contributed by atoms with Gasteiger partial charge in [-0.15, -0.1) is 0 Å². The second-order valence-electron chi connectivity index (χ2n) is 6.76. The highest BCUT2D eigenvalue weighted by Gasteiger charge is 2.36. The van der Waals surface area contributed by atoms with E-state index in [2.05, 4.69) is 15.7 Å². The summed E-state index contributed by atoms with van der Waals surface area (Å²) in [4.78, 5) is 12.8. The molecule has 2 heterocycles. The number of nitrogens with one attached hydrogen (secondary N) is 2. The minimum Gasteiger partial charge on any atom is -0.349 e. The number of halogens is 1. The Hall–Kier alpha value is -2.21. The van der Waals surface area contributed by atoms with E-state index >= 15 is 0 Å². The molecule has 1 amide bonds. The summed E-state index contributed by atoms with van der Waals surface area (Å²) in [5, 5.41) is 10.7. The summed E-state index contributed by atoms with van der Waals surface area (Å²) in [6, 6.07) is 4.84. The van der Waals surface area contributed by atoms with Crippen molar-refractivity contribution in [1.29, 1.82) is 0 Å². The summed E-state index contributed by atoms with van der Waals surface area (Å²) in [7, 11) is 1.88. The molecule has 0 radical (unpaired) electrons. The summed E-state index contributed by atoms with van der Waals surface area (Å²) in [5.74, 6) is -0.0973. The number of nitrogens with zero attached hydrogens (tertiary/aromatic N) is 2. The van der Waals surface area contributed by atoms with Crippen LogP contribution in [0, 0.1) is 11.7 Å². The van der Waals surface area contributed by atoms with Crippen LogP contribution in [-0.4, -0.2) is 28.8 Å². The predicted molar refractivity (Wildman–Crippen MR) is 87.9 cm³/mol. The van der Waals surface area contributed by atoms with Gasteiger partial charge in [0.25, 0.3) is 0 Å². The van der Waals surface area contributed by atoms with Crippen LogP contribution >= 0.6 is 0 Å². The molecule has 1 saturated heterocycles. The van der Waals surface area contributed by atoms with Crippen LogP contribution in [0.3, 0.4) is 0 Å². The van der Waals surface area contributed by atoms with Crippen LogP contribution in [-0.2, 0) is 18.3 Å². The van der Waals surface area contributed by atoms with Crippen LogP contribution in [0.5, 0.6) is 0 Å². The van der Waals surface area contributed by atoms with Gasteiger partial charge in [-0.3, -0.25) is 9.48 Å². The van der Waals surface area contributed by atoms with Crippen molar-refractivity contribution in [2.24, 2.45) is 13.0 Å². The fraction of sp³-hybridized carbons (Fsp3) is 0.444. The largest absolute Gasteiger partial charge is 0.349 e. The van der Waals surface area contributed by atoms with Crippen molar-refractivity contribution in [1.82, 2.24) is 20.4 Å². The number of rotatable bonds is 3. The Balaban J connectivity index is 1.49. The molecule has 1 fully saturated rings. The summed E-state index contributed by atoms with van der Waals surface area (Å²) in [6.07, 6.45) is 5.46. The Morgan fingerprint density at radius 2 is 2.29 bits per heavy atom. The highest BCUT2D eigenvalue weighted by Crippen LogP contribution is 2.33. The van der Waals surface area contributed by atoms with E-state index in [4.69, 9.17) is 0 Å². The molecule has 2 aliphatic rings. The SMILES string of the molecule is Cn1cc([C@H]2CNC[C@@H]2C(=O)NC2CCc3cc(F)ccc32)cn1. The lowest BCUT2D eigenvalue weighted by Gasteiger charge is -2.21. The molecule has 0 saturated carbocycles. The summed E-state index contributed by atoms with van der Waals surface area (Å²) >= 11 is 0. The third-order valence-electron chi connectivity index (χ3n) is 5.20. The third kappa shape index (κ3) is 2.71. The second kappa shape index (κ2) is 6.02. The Morgan fingerprint density at radius 1 is 1.42 bits per heavy atom. The van der Waals surface area contributed by atoms with Gasteiger partial charge in [0.1, 0.15) is 5.82 Å². The van der Waals surface area contributed by atoms with Crippen LogP contribution in [0.25, 0.3) is 0 Å². The van der Waals surface area contributed by atoms with Gasteiger partial charge in [0, 0.05) is 32.3 Å². The van der Waals surface area contributed by atoms with Crippen molar-refractivity contribution < 1.29 is 9.18 Å². The first kappa shape index (κ1) is 15.3. The quantitative estimate of drug-likeness (QED) is 0.901. The number of benzene rings is 1. The van der Waals surface area contributed by atoms with Gasteiger partial charge in [0.05, 0.1) is 18.2 Å². The van der Waals surface area contributed by atoms with Gasteiger partial charge in [-0.25, -0.2) is 4.39 Å². The lowest BCUT2D eigenvalue weighted by Crippen LogP contribution is -2.36. The van der Waals surface area contributed by atoms with E-state index in [1.807, 2.05) is 19.4 Å². The lowest BCUT2D eigenvalue weighted by molar-refractivity contribution is -0.125. The smallest absolute Gasteiger partial charge is 0.225 e. The number of hydrogen-bond acceptors (Lipinski definition) is 3. The fourth-order valence-corrected chi connectivity index (χ4v) is 3.95. The second-order valence-corrected chi connectivity index (χ2v) is 6.76. The zero-order valence-corrected chi connectivity index (χ0v) is 13.6. The predicted octanol–water partition coefficient (Wildman–Crippen LogP) is 1.67. The average Bonchev–Trinajstić information content (AvgIpc) is 3.26. The third-order valence-corrected chi connectivity index (χ3v) is 5.20. The Kier molecular flexibility index (Phi) is 3.84. The zero-order chi connectivity index (χ0) is 16.7. The van der Waals surface area contributed by atoms with Crippen LogP contribution < -0.4 is 10.6 Å². The standard InChI is InChI=1S/C18H21FN4O/c1-23-10-12(7-21-23)15-8-20-9-16(15)18(24)22-17-5-2-11-6-13(19)3-4-14(11)17/h3-4,6-7,10,15-17,20H,2,5,8-9H2,1H3,(H,22,24)/t15-,16+,17?/m1/s1. The van der Waals surface area contributed by atoms with Gasteiger partial charge in [-0.2, -0.15) is 5.10 Å². The molecule has 5 nitrogen and oxygen atoms in total. The van der Waals surface area contributed by atoms with Crippen LogP contribution in [0.1, 0.15) is 35.1 Å². The highest BCUT2D eigenvalue weighted by atomic mass is 19.1. The molecular formula is C18H21FN4O. The molecule has 126 valence electrons. The lowest BCUT2D eigenvalue weighted by atomic mass is 9.90. The topological polar surface area (TPSA) is 59.0 Å². The summed E-state index contributed by atoms with van der Waals surface area (Å²) in [5.41, 5.74) is 3.15. The molecular weight excluding hydrogens is 307 g/mol. The molecule has 24 heavy (non-hydrogen) atoms. The van der Waals surface area contributed by atoms with Crippen molar-refractivity contribution in [3.05, 3.63) is 53.1 Å². The van der Waals surface area contributed by atoms with Crippen molar-refractivity contribution >= 4 is 5.91 Å². The van der Waals surface area contributed by atoms with Gasteiger partial charge in [0.2, 0.25) is 5.91 Å². The van der Waals surface area contributed by atoms with Crippen molar-refractivity contribution in [3.8, 4) is 0 Å². The van der Waals surface area contributed by atoms with Crippen LogP contribution in [0.2, 0.25) is 0 Å². The van der Waals surface area contributed by atoms with Gasteiger partial charge < -0.3 is 10.6 Å². The minimum atomic E-state index is -0.211. The molecule has 1 unspecified atom stereocenters. The highest BCUT2D eigenvalue weighted by molar-refractivity contribution is 5.81. The van der Waals surface area contributed by atoms with E-state index in [9.17, 15) is 9.18 Å². The number of amides is 1. The maximum Gasteiger partial charge on any atom is 0.225 e. The first-order chi connectivity index (χ1) is 11.6. The average molecular weight is 328 g/mol. The number of aryl methyl sites for hydroxylation is 2. The van der Waals surface area contributed by atoms with Gasteiger partial charge in [0.15, 0.2) is 0 Å². The molecule has 1 aliphatic carbocycles. The van der Waals surface area contributed by atoms with E-state index in [1.165, 1.54) is 6.07 Å². The number of aromatic nitrogens is 2. The van der Waals surface area contributed by atoms with Gasteiger partial charge >= 0.3 is 0 Å². The van der Waals surface area contributed by atoms with E-state index in [1.54, 1.807) is 16.8 Å². The molecule has 1 aromatic carbocycles.